The minimum atomic E-state index is 0.378. The largest absolute Gasteiger partial charge is 0.420 e. The Morgan fingerprint density at radius 2 is 2.06 bits per heavy atom. The fourth-order valence-corrected chi connectivity index (χ4v) is 2.06. The number of nitrogens with zero attached hydrogens (tertiary/aromatic N) is 2. The average Bonchev–Trinajstić information content (AvgIpc) is 2.65. The van der Waals surface area contributed by atoms with Crippen LogP contribution in [0.2, 0.25) is 0 Å². The Bertz CT molecular complexity index is 507. The molecule has 1 aromatic carbocycles. The van der Waals surface area contributed by atoms with Crippen molar-refractivity contribution in [3.63, 3.8) is 0 Å². The molecule has 16 heavy (non-hydrogen) atoms. The van der Waals surface area contributed by atoms with E-state index in [9.17, 15) is 0 Å². The minimum absolute atomic E-state index is 0.378. The van der Waals surface area contributed by atoms with E-state index in [0.29, 0.717) is 11.8 Å². The van der Waals surface area contributed by atoms with E-state index in [4.69, 9.17) is 4.42 Å². The summed E-state index contributed by atoms with van der Waals surface area (Å²) < 4.78 is 6.63. The predicted molar refractivity (Wildman–Crippen MR) is 63.0 cm³/mol. The molecule has 0 aliphatic carbocycles. The van der Waals surface area contributed by atoms with Crippen molar-refractivity contribution in [3.8, 4) is 11.5 Å². The first-order valence-electron chi connectivity index (χ1n) is 5.13. The standard InChI is InChI=1S/C11H10BrN3O/c12-9-4-2-1-3-8(9)11-15-14-10(16-11)7-5-13-6-7/h1-4,7,13H,5-6H2. The van der Waals surface area contributed by atoms with Crippen LogP contribution in [0.1, 0.15) is 11.8 Å². The van der Waals surface area contributed by atoms with E-state index in [-0.39, 0.29) is 0 Å². The highest BCUT2D eigenvalue weighted by atomic mass is 79.9. The first-order valence-corrected chi connectivity index (χ1v) is 5.93. The molecule has 5 heteroatoms. The fourth-order valence-electron chi connectivity index (χ4n) is 1.61. The molecule has 0 atom stereocenters. The zero-order valence-electron chi connectivity index (χ0n) is 8.48. The molecular weight excluding hydrogens is 270 g/mol. The summed E-state index contributed by atoms with van der Waals surface area (Å²) in [4.78, 5) is 0. The Balaban J connectivity index is 1.95. The number of hydrogen-bond donors (Lipinski definition) is 1. The molecule has 0 saturated carbocycles. The van der Waals surface area contributed by atoms with Crippen LogP contribution in [0.15, 0.2) is 33.2 Å². The molecule has 2 aromatic rings. The molecule has 1 aromatic heterocycles. The van der Waals surface area contributed by atoms with Crippen LogP contribution in [0.5, 0.6) is 0 Å². The maximum absolute atomic E-state index is 5.66. The van der Waals surface area contributed by atoms with E-state index < -0.39 is 0 Å². The van der Waals surface area contributed by atoms with E-state index in [1.54, 1.807) is 0 Å². The quantitative estimate of drug-likeness (QED) is 0.916. The summed E-state index contributed by atoms with van der Waals surface area (Å²) in [6.07, 6.45) is 0. The lowest BCUT2D eigenvalue weighted by molar-refractivity contribution is 0.361. The summed E-state index contributed by atoms with van der Waals surface area (Å²) in [5, 5.41) is 11.3. The van der Waals surface area contributed by atoms with Gasteiger partial charge in [0.2, 0.25) is 11.8 Å². The third-order valence-electron chi connectivity index (χ3n) is 2.68. The van der Waals surface area contributed by atoms with Crippen LogP contribution in [0.25, 0.3) is 11.5 Å². The van der Waals surface area contributed by atoms with Crippen molar-refractivity contribution in [3.05, 3.63) is 34.6 Å². The van der Waals surface area contributed by atoms with Gasteiger partial charge in [-0.3, -0.25) is 0 Å². The van der Waals surface area contributed by atoms with Crippen LogP contribution in [0.4, 0.5) is 0 Å². The van der Waals surface area contributed by atoms with Crippen LogP contribution >= 0.6 is 15.9 Å². The molecule has 1 N–H and O–H groups in total. The topological polar surface area (TPSA) is 51.0 Å². The van der Waals surface area contributed by atoms with Crippen molar-refractivity contribution in [1.29, 1.82) is 0 Å². The Hall–Kier alpha value is -1.20. The second-order valence-electron chi connectivity index (χ2n) is 3.78. The van der Waals surface area contributed by atoms with E-state index in [1.807, 2.05) is 24.3 Å². The van der Waals surface area contributed by atoms with Gasteiger partial charge in [0.15, 0.2) is 0 Å². The van der Waals surface area contributed by atoms with Gasteiger partial charge in [-0.15, -0.1) is 10.2 Å². The van der Waals surface area contributed by atoms with Gasteiger partial charge in [-0.2, -0.15) is 0 Å². The lowest BCUT2D eigenvalue weighted by atomic mass is 10.0. The molecule has 0 bridgehead atoms. The van der Waals surface area contributed by atoms with Gasteiger partial charge in [0.1, 0.15) is 0 Å². The van der Waals surface area contributed by atoms with Crippen molar-refractivity contribution < 1.29 is 4.42 Å². The third-order valence-corrected chi connectivity index (χ3v) is 3.37. The summed E-state index contributed by atoms with van der Waals surface area (Å²) in [5.41, 5.74) is 0.938. The van der Waals surface area contributed by atoms with Gasteiger partial charge in [-0.05, 0) is 28.1 Å². The molecule has 1 aliphatic heterocycles. The molecule has 4 nitrogen and oxygen atoms in total. The summed E-state index contributed by atoms with van der Waals surface area (Å²) in [5.74, 6) is 1.68. The van der Waals surface area contributed by atoms with E-state index in [0.717, 1.165) is 29.0 Å². The number of aromatic nitrogens is 2. The summed E-state index contributed by atoms with van der Waals surface area (Å²) in [7, 11) is 0. The molecule has 1 aliphatic rings. The van der Waals surface area contributed by atoms with E-state index >= 15 is 0 Å². The third kappa shape index (κ3) is 1.66. The van der Waals surface area contributed by atoms with Gasteiger partial charge in [0.25, 0.3) is 0 Å². The number of halogens is 1. The summed E-state index contributed by atoms with van der Waals surface area (Å²) in [6, 6.07) is 7.83. The molecule has 0 spiro atoms. The first kappa shape index (κ1) is 9.99. The zero-order valence-corrected chi connectivity index (χ0v) is 10.1. The van der Waals surface area contributed by atoms with Crippen LogP contribution in [0.3, 0.4) is 0 Å². The van der Waals surface area contributed by atoms with Crippen molar-refractivity contribution in [2.24, 2.45) is 0 Å². The maximum atomic E-state index is 5.66. The van der Waals surface area contributed by atoms with Gasteiger partial charge in [0, 0.05) is 17.6 Å². The lowest BCUT2D eigenvalue weighted by Crippen LogP contribution is -2.40. The van der Waals surface area contributed by atoms with E-state index in [1.165, 1.54) is 0 Å². The van der Waals surface area contributed by atoms with Crippen molar-refractivity contribution in [1.82, 2.24) is 15.5 Å². The zero-order chi connectivity index (χ0) is 11.0. The molecule has 1 fully saturated rings. The lowest BCUT2D eigenvalue weighted by Gasteiger charge is -2.22. The molecule has 2 heterocycles. The van der Waals surface area contributed by atoms with Gasteiger partial charge in [0.05, 0.1) is 11.5 Å². The fraction of sp³-hybridized carbons (Fsp3) is 0.273. The van der Waals surface area contributed by atoms with Crippen LogP contribution in [-0.4, -0.2) is 23.3 Å². The molecule has 3 rings (SSSR count). The smallest absolute Gasteiger partial charge is 0.248 e. The van der Waals surface area contributed by atoms with Gasteiger partial charge >= 0.3 is 0 Å². The molecule has 0 radical (unpaired) electrons. The van der Waals surface area contributed by atoms with Gasteiger partial charge < -0.3 is 9.73 Å². The second kappa shape index (κ2) is 3.99. The normalized spacial score (nSPS) is 16.1. The monoisotopic (exact) mass is 279 g/mol. The van der Waals surface area contributed by atoms with Crippen LogP contribution in [0, 0.1) is 0 Å². The second-order valence-corrected chi connectivity index (χ2v) is 4.63. The molecule has 0 amide bonds. The highest BCUT2D eigenvalue weighted by Crippen LogP contribution is 2.28. The number of benzene rings is 1. The summed E-state index contributed by atoms with van der Waals surface area (Å²) in [6.45, 7) is 1.86. The van der Waals surface area contributed by atoms with Gasteiger partial charge in [-0.25, -0.2) is 0 Å². The minimum Gasteiger partial charge on any atom is -0.420 e. The molecule has 1 saturated heterocycles. The van der Waals surface area contributed by atoms with Gasteiger partial charge in [-0.1, -0.05) is 12.1 Å². The SMILES string of the molecule is Brc1ccccc1-c1nnc(C2CNC2)o1. The number of hydrogen-bond acceptors (Lipinski definition) is 4. The molecular formula is C11H10BrN3O. The first-order chi connectivity index (χ1) is 7.84. The van der Waals surface area contributed by atoms with Crippen molar-refractivity contribution in [2.75, 3.05) is 13.1 Å². The number of nitrogens with one attached hydrogen (secondary N) is 1. The maximum Gasteiger partial charge on any atom is 0.248 e. The molecule has 82 valence electrons. The Labute approximate surface area is 101 Å². The average molecular weight is 280 g/mol. The van der Waals surface area contributed by atoms with Crippen molar-refractivity contribution in [2.45, 2.75) is 5.92 Å². The highest BCUT2D eigenvalue weighted by Gasteiger charge is 2.25. The Morgan fingerprint density at radius 3 is 2.75 bits per heavy atom. The van der Waals surface area contributed by atoms with Crippen LogP contribution < -0.4 is 5.32 Å². The van der Waals surface area contributed by atoms with Crippen LogP contribution in [-0.2, 0) is 0 Å². The van der Waals surface area contributed by atoms with E-state index in [2.05, 4.69) is 31.4 Å². The highest BCUT2D eigenvalue weighted by molar-refractivity contribution is 9.10. The number of rotatable bonds is 2. The molecule has 0 unspecified atom stereocenters. The Kier molecular flexibility index (Phi) is 2.49. The van der Waals surface area contributed by atoms with Crippen molar-refractivity contribution >= 4 is 15.9 Å². The predicted octanol–water partition coefficient (Wildman–Crippen LogP) is 2.19. The Morgan fingerprint density at radius 1 is 1.25 bits per heavy atom. The summed E-state index contributed by atoms with van der Waals surface area (Å²) >= 11 is 3.47.